The highest BCUT2D eigenvalue weighted by molar-refractivity contribution is 7.80. The van der Waals surface area contributed by atoms with Crippen molar-refractivity contribution in [3.05, 3.63) is 29.3 Å². The van der Waals surface area contributed by atoms with Crippen molar-refractivity contribution in [3.63, 3.8) is 0 Å². The molecule has 1 atom stereocenters. The van der Waals surface area contributed by atoms with Gasteiger partial charge in [-0.1, -0.05) is 37.7 Å². The lowest BCUT2D eigenvalue weighted by molar-refractivity contribution is 0.171. The highest BCUT2D eigenvalue weighted by Crippen LogP contribution is 2.20. The molecule has 3 N–H and O–H groups in total. The zero-order chi connectivity index (χ0) is 13.7. The van der Waals surface area contributed by atoms with E-state index in [1.165, 1.54) is 0 Å². The Balaban J connectivity index is 2.98. The molecule has 18 heavy (non-hydrogen) atoms. The van der Waals surface area contributed by atoms with Crippen LogP contribution in [0.3, 0.4) is 0 Å². The van der Waals surface area contributed by atoms with Crippen LogP contribution in [0.1, 0.15) is 25.0 Å². The minimum absolute atomic E-state index is 0.241. The number of anilines is 1. The van der Waals surface area contributed by atoms with Crippen molar-refractivity contribution < 1.29 is 4.74 Å². The first-order valence-corrected chi connectivity index (χ1v) is 6.52. The molecule has 0 aliphatic rings. The molecule has 0 saturated carbocycles. The van der Waals surface area contributed by atoms with Crippen molar-refractivity contribution in [1.29, 1.82) is 0 Å². The second kappa shape index (κ2) is 6.71. The van der Waals surface area contributed by atoms with Gasteiger partial charge in [0.05, 0.1) is 12.6 Å². The molecule has 4 heteroatoms. The number of hydrogen-bond acceptors (Lipinski definition) is 3. The number of hydrogen-bond donors (Lipinski definition) is 2. The monoisotopic (exact) mass is 266 g/mol. The lowest BCUT2D eigenvalue weighted by Crippen LogP contribution is -2.31. The summed E-state index contributed by atoms with van der Waals surface area (Å²) in [4.78, 5) is 0.418. The van der Waals surface area contributed by atoms with Gasteiger partial charge in [-0.3, -0.25) is 0 Å². The molecule has 0 saturated heterocycles. The average molecular weight is 266 g/mol. The van der Waals surface area contributed by atoms with E-state index in [1.54, 1.807) is 7.11 Å². The zero-order valence-corrected chi connectivity index (χ0v) is 12.3. The lowest BCUT2D eigenvalue weighted by atomic mass is 10.0. The maximum atomic E-state index is 5.77. The Kier molecular flexibility index (Phi) is 5.56. The molecule has 0 fully saturated rings. The quantitative estimate of drug-likeness (QED) is 0.777. The summed E-state index contributed by atoms with van der Waals surface area (Å²) in [6.45, 7) is 7.00. The number of methoxy groups -OCH3 is 1. The number of benzene rings is 1. The van der Waals surface area contributed by atoms with Gasteiger partial charge in [0, 0.05) is 18.4 Å². The summed E-state index contributed by atoms with van der Waals surface area (Å²) in [5.74, 6) is 0.463. The Morgan fingerprint density at radius 1 is 1.44 bits per heavy atom. The van der Waals surface area contributed by atoms with Crippen LogP contribution in [-0.2, 0) is 4.74 Å². The molecule has 100 valence electrons. The minimum atomic E-state index is 0.241. The highest BCUT2D eigenvalue weighted by Gasteiger charge is 2.15. The summed E-state index contributed by atoms with van der Waals surface area (Å²) in [5, 5.41) is 3.46. The summed E-state index contributed by atoms with van der Waals surface area (Å²) in [7, 11) is 1.71. The molecule has 0 amide bonds. The maximum Gasteiger partial charge on any atom is 0.106 e. The van der Waals surface area contributed by atoms with Crippen molar-refractivity contribution in [1.82, 2.24) is 0 Å². The third-order valence-electron chi connectivity index (χ3n) is 2.93. The van der Waals surface area contributed by atoms with Crippen LogP contribution in [0.5, 0.6) is 0 Å². The van der Waals surface area contributed by atoms with Crippen LogP contribution in [-0.4, -0.2) is 24.7 Å². The highest BCUT2D eigenvalue weighted by atomic mass is 32.1. The summed E-state index contributed by atoms with van der Waals surface area (Å²) >= 11 is 5.10. The molecule has 1 rings (SSSR count). The topological polar surface area (TPSA) is 47.3 Å². The standard InChI is InChI=1S/C14H22N2OS/c1-9(2)13(8-17-4)16-12-6-5-10(3)7-11(12)14(15)18/h5-7,9,13,16H,8H2,1-4H3,(H2,15,18). The van der Waals surface area contributed by atoms with Crippen LogP contribution in [0.2, 0.25) is 0 Å². The summed E-state index contributed by atoms with van der Waals surface area (Å²) in [6.07, 6.45) is 0. The fourth-order valence-electron chi connectivity index (χ4n) is 1.77. The zero-order valence-electron chi connectivity index (χ0n) is 11.5. The van der Waals surface area contributed by atoms with Crippen LogP contribution in [0.15, 0.2) is 18.2 Å². The summed E-state index contributed by atoms with van der Waals surface area (Å²) < 4.78 is 5.23. The number of aryl methyl sites for hydroxylation is 1. The Labute approximate surface area is 115 Å². The van der Waals surface area contributed by atoms with Crippen molar-refractivity contribution >= 4 is 22.9 Å². The molecule has 0 aliphatic heterocycles. The van der Waals surface area contributed by atoms with Gasteiger partial charge in [0.2, 0.25) is 0 Å². The number of nitrogens with one attached hydrogen (secondary N) is 1. The SMILES string of the molecule is COCC(Nc1ccc(C)cc1C(N)=S)C(C)C. The predicted octanol–water partition coefficient (Wildman–Crippen LogP) is 2.71. The molecule has 0 aliphatic carbocycles. The van der Waals surface area contributed by atoms with E-state index in [4.69, 9.17) is 22.7 Å². The van der Waals surface area contributed by atoms with Gasteiger partial charge < -0.3 is 15.8 Å². The van der Waals surface area contributed by atoms with Crippen LogP contribution in [0.4, 0.5) is 5.69 Å². The van der Waals surface area contributed by atoms with Gasteiger partial charge in [-0.15, -0.1) is 0 Å². The Hall–Kier alpha value is -1.13. The molecule has 1 unspecified atom stereocenters. The Bertz CT molecular complexity index is 418. The van der Waals surface area contributed by atoms with Gasteiger partial charge in [0.15, 0.2) is 0 Å². The van der Waals surface area contributed by atoms with Crippen LogP contribution in [0, 0.1) is 12.8 Å². The number of nitrogens with two attached hydrogens (primary N) is 1. The van der Waals surface area contributed by atoms with Gasteiger partial charge in [0.1, 0.15) is 4.99 Å². The predicted molar refractivity (Wildman–Crippen MR) is 81.2 cm³/mol. The second-order valence-electron chi connectivity index (χ2n) is 4.86. The molecule has 0 heterocycles. The summed E-state index contributed by atoms with van der Waals surface area (Å²) in [6, 6.07) is 6.32. The minimum Gasteiger partial charge on any atom is -0.389 e. The Morgan fingerprint density at radius 3 is 2.61 bits per heavy atom. The molecule has 0 bridgehead atoms. The lowest BCUT2D eigenvalue weighted by Gasteiger charge is -2.24. The molecule has 1 aromatic carbocycles. The van der Waals surface area contributed by atoms with Gasteiger partial charge >= 0.3 is 0 Å². The van der Waals surface area contributed by atoms with E-state index in [1.807, 2.05) is 25.1 Å². The third-order valence-corrected chi connectivity index (χ3v) is 3.15. The first kappa shape index (κ1) is 14.9. The van der Waals surface area contributed by atoms with E-state index < -0.39 is 0 Å². The van der Waals surface area contributed by atoms with Gasteiger partial charge in [-0.2, -0.15) is 0 Å². The molecular formula is C14H22N2OS. The van der Waals surface area contributed by atoms with Crippen LogP contribution >= 0.6 is 12.2 Å². The van der Waals surface area contributed by atoms with E-state index in [-0.39, 0.29) is 6.04 Å². The fraction of sp³-hybridized carbons (Fsp3) is 0.500. The summed E-state index contributed by atoms with van der Waals surface area (Å²) in [5.41, 5.74) is 8.79. The molecule has 1 aromatic rings. The molecule has 0 radical (unpaired) electrons. The molecular weight excluding hydrogens is 244 g/mol. The van der Waals surface area contributed by atoms with Crippen molar-refractivity contribution in [2.45, 2.75) is 26.8 Å². The van der Waals surface area contributed by atoms with E-state index >= 15 is 0 Å². The largest absolute Gasteiger partial charge is 0.389 e. The maximum absolute atomic E-state index is 5.77. The van der Waals surface area contributed by atoms with E-state index in [2.05, 4.69) is 19.2 Å². The van der Waals surface area contributed by atoms with E-state index in [9.17, 15) is 0 Å². The van der Waals surface area contributed by atoms with Crippen LogP contribution < -0.4 is 11.1 Å². The molecule has 0 spiro atoms. The van der Waals surface area contributed by atoms with Crippen molar-refractivity contribution in [2.24, 2.45) is 11.7 Å². The van der Waals surface area contributed by atoms with Crippen molar-refractivity contribution in [2.75, 3.05) is 19.0 Å². The van der Waals surface area contributed by atoms with Gasteiger partial charge in [-0.05, 0) is 25.0 Å². The fourth-order valence-corrected chi connectivity index (χ4v) is 1.94. The number of thiocarbonyl (C=S) groups is 1. The van der Waals surface area contributed by atoms with E-state index in [0.29, 0.717) is 17.5 Å². The number of ether oxygens (including phenoxy) is 1. The first-order chi connectivity index (χ1) is 8.45. The van der Waals surface area contributed by atoms with Crippen LogP contribution in [0.25, 0.3) is 0 Å². The van der Waals surface area contributed by atoms with Gasteiger partial charge in [-0.25, -0.2) is 0 Å². The number of rotatable bonds is 6. The first-order valence-electron chi connectivity index (χ1n) is 6.11. The normalized spacial score (nSPS) is 12.5. The third kappa shape index (κ3) is 3.96. The van der Waals surface area contributed by atoms with Crippen molar-refractivity contribution in [3.8, 4) is 0 Å². The molecule has 0 aromatic heterocycles. The van der Waals surface area contributed by atoms with Gasteiger partial charge in [0.25, 0.3) is 0 Å². The Morgan fingerprint density at radius 2 is 2.11 bits per heavy atom. The second-order valence-corrected chi connectivity index (χ2v) is 5.30. The smallest absolute Gasteiger partial charge is 0.106 e. The van der Waals surface area contributed by atoms with E-state index in [0.717, 1.165) is 16.8 Å². The average Bonchev–Trinajstić information content (AvgIpc) is 2.30. The molecule has 3 nitrogen and oxygen atoms in total.